The molecule has 0 aliphatic heterocycles. The topological polar surface area (TPSA) is 60.7 Å². The van der Waals surface area contributed by atoms with E-state index in [0.29, 0.717) is 13.0 Å². The van der Waals surface area contributed by atoms with Gasteiger partial charge in [0.1, 0.15) is 0 Å². The van der Waals surface area contributed by atoms with Crippen LogP contribution in [0, 0.1) is 0 Å². The molecule has 3 nitrogen and oxygen atoms in total. The summed E-state index contributed by atoms with van der Waals surface area (Å²) in [7, 11) is 0. The second kappa shape index (κ2) is 8.97. The second-order valence-corrected chi connectivity index (χ2v) is 5.16. The summed E-state index contributed by atoms with van der Waals surface area (Å²) in [5, 5.41) is 27.7. The van der Waals surface area contributed by atoms with Crippen molar-refractivity contribution in [3.8, 4) is 0 Å². The monoisotopic (exact) mass is 232 g/mol. The third-order valence-electron chi connectivity index (χ3n) is 2.95. The molecule has 0 radical (unpaired) electrons. The Balaban J connectivity index is 3.21. The molecule has 0 fully saturated rings. The van der Waals surface area contributed by atoms with Crippen molar-refractivity contribution in [2.24, 2.45) is 0 Å². The van der Waals surface area contributed by atoms with Crippen LogP contribution >= 0.6 is 0 Å². The van der Waals surface area contributed by atoms with Gasteiger partial charge in [-0.05, 0) is 26.7 Å². The Kier molecular flexibility index (Phi) is 8.90. The van der Waals surface area contributed by atoms with E-state index < -0.39 is 11.7 Å². The molecule has 0 saturated carbocycles. The Bertz CT molecular complexity index is 152. The van der Waals surface area contributed by atoms with Gasteiger partial charge in [0.15, 0.2) is 0 Å². The molecule has 0 aromatic heterocycles. The van der Waals surface area contributed by atoms with Crippen LogP contribution in [0.1, 0.15) is 65.2 Å². The summed E-state index contributed by atoms with van der Waals surface area (Å²) < 4.78 is 0. The van der Waals surface area contributed by atoms with Gasteiger partial charge in [0.05, 0.1) is 11.7 Å². The van der Waals surface area contributed by atoms with Crippen molar-refractivity contribution in [2.45, 2.75) is 76.9 Å². The lowest BCUT2D eigenvalue weighted by atomic mass is 9.96. The van der Waals surface area contributed by atoms with Gasteiger partial charge in [-0.15, -0.1) is 0 Å². The first-order chi connectivity index (χ1) is 7.48. The Hall–Kier alpha value is -0.120. The van der Waals surface area contributed by atoms with Crippen LogP contribution in [0.4, 0.5) is 0 Å². The van der Waals surface area contributed by atoms with Crippen molar-refractivity contribution >= 4 is 0 Å². The van der Waals surface area contributed by atoms with Gasteiger partial charge in [-0.25, -0.2) is 0 Å². The van der Waals surface area contributed by atoms with Crippen molar-refractivity contribution in [2.75, 3.05) is 6.61 Å². The van der Waals surface area contributed by atoms with E-state index in [-0.39, 0.29) is 0 Å². The van der Waals surface area contributed by atoms with E-state index in [1.807, 2.05) is 0 Å². The van der Waals surface area contributed by atoms with Crippen molar-refractivity contribution in [1.29, 1.82) is 0 Å². The maximum absolute atomic E-state index is 9.58. The molecule has 0 saturated heterocycles. The van der Waals surface area contributed by atoms with Crippen molar-refractivity contribution in [3.63, 3.8) is 0 Å². The van der Waals surface area contributed by atoms with Crippen LogP contribution in [-0.4, -0.2) is 33.6 Å². The van der Waals surface area contributed by atoms with Crippen LogP contribution in [0.15, 0.2) is 0 Å². The van der Waals surface area contributed by atoms with Gasteiger partial charge < -0.3 is 15.3 Å². The lowest BCUT2D eigenvalue weighted by Gasteiger charge is -2.24. The third-order valence-corrected chi connectivity index (χ3v) is 2.95. The lowest BCUT2D eigenvalue weighted by molar-refractivity contribution is -0.0522. The maximum Gasteiger partial charge on any atom is 0.0849 e. The SMILES string of the molecule is CC(C)(O)C(O)CCCCCCCCCO. The molecular formula is C13H28O3. The average molecular weight is 232 g/mol. The smallest absolute Gasteiger partial charge is 0.0849 e. The average Bonchev–Trinajstić information content (AvgIpc) is 2.20. The zero-order valence-corrected chi connectivity index (χ0v) is 10.8. The van der Waals surface area contributed by atoms with E-state index >= 15 is 0 Å². The van der Waals surface area contributed by atoms with E-state index in [1.165, 1.54) is 19.3 Å². The van der Waals surface area contributed by atoms with Crippen LogP contribution in [0.2, 0.25) is 0 Å². The molecule has 98 valence electrons. The number of unbranched alkanes of at least 4 members (excludes halogenated alkanes) is 6. The van der Waals surface area contributed by atoms with Crippen LogP contribution in [-0.2, 0) is 0 Å². The molecule has 1 unspecified atom stereocenters. The van der Waals surface area contributed by atoms with Crippen LogP contribution in [0.5, 0.6) is 0 Å². The minimum Gasteiger partial charge on any atom is -0.396 e. The van der Waals surface area contributed by atoms with Gasteiger partial charge in [-0.1, -0.05) is 38.5 Å². The molecular weight excluding hydrogens is 204 g/mol. The fourth-order valence-electron chi connectivity index (χ4n) is 1.69. The van der Waals surface area contributed by atoms with Gasteiger partial charge in [-0.3, -0.25) is 0 Å². The summed E-state index contributed by atoms with van der Waals surface area (Å²) >= 11 is 0. The van der Waals surface area contributed by atoms with Gasteiger partial charge in [0.2, 0.25) is 0 Å². The fourth-order valence-corrected chi connectivity index (χ4v) is 1.69. The van der Waals surface area contributed by atoms with Gasteiger partial charge in [-0.2, -0.15) is 0 Å². The molecule has 3 N–H and O–H groups in total. The van der Waals surface area contributed by atoms with E-state index in [4.69, 9.17) is 5.11 Å². The van der Waals surface area contributed by atoms with Crippen molar-refractivity contribution in [1.82, 2.24) is 0 Å². The third kappa shape index (κ3) is 9.13. The summed E-state index contributed by atoms with van der Waals surface area (Å²) in [4.78, 5) is 0. The molecule has 0 aliphatic rings. The summed E-state index contributed by atoms with van der Waals surface area (Å²) in [5.41, 5.74) is -0.971. The van der Waals surface area contributed by atoms with Gasteiger partial charge in [0, 0.05) is 6.61 Å². The highest BCUT2D eigenvalue weighted by atomic mass is 16.3. The minimum atomic E-state index is -0.971. The summed E-state index contributed by atoms with van der Waals surface area (Å²) in [6.45, 7) is 3.59. The normalized spacial score (nSPS) is 14.1. The largest absolute Gasteiger partial charge is 0.396 e. The molecule has 3 heteroatoms. The fraction of sp³-hybridized carbons (Fsp3) is 1.00. The number of hydrogen-bond acceptors (Lipinski definition) is 3. The predicted molar refractivity (Wildman–Crippen MR) is 66.3 cm³/mol. The summed E-state index contributed by atoms with van der Waals surface area (Å²) in [6.07, 6.45) is 7.77. The minimum absolute atomic E-state index is 0.303. The van der Waals surface area contributed by atoms with Crippen LogP contribution < -0.4 is 0 Å². The highest BCUT2D eigenvalue weighted by Gasteiger charge is 2.23. The summed E-state index contributed by atoms with van der Waals surface area (Å²) in [6, 6.07) is 0. The standard InChI is InChI=1S/C13H28O3/c1-13(2,16)12(15)10-8-6-4-3-5-7-9-11-14/h12,14-16H,3-11H2,1-2H3. The number of hydrogen-bond donors (Lipinski definition) is 3. The summed E-state index contributed by atoms with van der Waals surface area (Å²) in [5.74, 6) is 0. The number of rotatable bonds is 10. The molecule has 0 heterocycles. The van der Waals surface area contributed by atoms with Gasteiger partial charge >= 0.3 is 0 Å². The Morgan fingerprint density at radius 2 is 1.31 bits per heavy atom. The zero-order valence-electron chi connectivity index (χ0n) is 10.8. The van der Waals surface area contributed by atoms with E-state index in [0.717, 1.165) is 25.7 Å². The molecule has 1 atom stereocenters. The zero-order chi connectivity index (χ0) is 12.4. The second-order valence-electron chi connectivity index (χ2n) is 5.16. The Morgan fingerprint density at radius 1 is 0.875 bits per heavy atom. The molecule has 0 amide bonds. The van der Waals surface area contributed by atoms with E-state index in [9.17, 15) is 10.2 Å². The van der Waals surface area contributed by atoms with E-state index in [2.05, 4.69) is 0 Å². The maximum atomic E-state index is 9.58. The van der Waals surface area contributed by atoms with Crippen molar-refractivity contribution < 1.29 is 15.3 Å². The predicted octanol–water partition coefficient (Wildman–Crippen LogP) is 2.23. The van der Waals surface area contributed by atoms with E-state index in [1.54, 1.807) is 13.8 Å². The number of aliphatic hydroxyl groups is 3. The van der Waals surface area contributed by atoms with Crippen molar-refractivity contribution in [3.05, 3.63) is 0 Å². The number of aliphatic hydroxyl groups excluding tert-OH is 2. The highest BCUT2D eigenvalue weighted by molar-refractivity contribution is 4.75. The molecule has 0 bridgehead atoms. The molecule has 0 spiro atoms. The molecule has 0 rings (SSSR count). The van der Waals surface area contributed by atoms with Crippen LogP contribution in [0.25, 0.3) is 0 Å². The molecule has 0 aromatic rings. The quantitative estimate of drug-likeness (QED) is 0.506. The molecule has 0 aliphatic carbocycles. The highest BCUT2D eigenvalue weighted by Crippen LogP contribution is 2.16. The first-order valence-corrected chi connectivity index (χ1v) is 6.49. The Labute approximate surface area is 99.5 Å². The molecule has 16 heavy (non-hydrogen) atoms. The van der Waals surface area contributed by atoms with Crippen LogP contribution in [0.3, 0.4) is 0 Å². The molecule has 0 aromatic carbocycles. The van der Waals surface area contributed by atoms with Gasteiger partial charge in [0.25, 0.3) is 0 Å². The lowest BCUT2D eigenvalue weighted by Crippen LogP contribution is -2.35. The first kappa shape index (κ1) is 15.9. The Morgan fingerprint density at radius 3 is 1.75 bits per heavy atom. The first-order valence-electron chi connectivity index (χ1n) is 6.49.